The van der Waals surface area contributed by atoms with Gasteiger partial charge in [0.2, 0.25) is 0 Å². The van der Waals surface area contributed by atoms with Gasteiger partial charge >= 0.3 is 0 Å². The molecule has 0 amide bonds. The summed E-state index contributed by atoms with van der Waals surface area (Å²) in [5, 5.41) is 3.32. The average Bonchev–Trinajstić information content (AvgIpc) is 2.55. The number of hydrogen-bond acceptors (Lipinski definition) is 5. The number of benzene rings is 1. The topological polar surface area (TPSA) is 56.3 Å². The minimum Gasteiger partial charge on any atom is -0.486 e. The maximum atomic E-state index is 5.59. The van der Waals surface area contributed by atoms with Crippen LogP contribution in [0.2, 0.25) is 0 Å². The van der Waals surface area contributed by atoms with Crippen LogP contribution in [0.5, 0.6) is 11.5 Å². The number of aromatic nitrogens is 2. The molecule has 2 heterocycles. The quantitative estimate of drug-likeness (QED) is 0.914. The lowest BCUT2D eigenvalue weighted by atomic mass is 10.1. The van der Waals surface area contributed by atoms with Gasteiger partial charge in [0.05, 0.1) is 0 Å². The number of aryl methyl sites for hydroxylation is 1. The number of ether oxygens (including phenoxy) is 2. The van der Waals surface area contributed by atoms with E-state index in [4.69, 9.17) is 9.47 Å². The van der Waals surface area contributed by atoms with Crippen LogP contribution in [-0.2, 0) is 12.8 Å². The third kappa shape index (κ3) is 3.42. The smallest absolute Gasteiger partial charge is 0.161 e. The van der Waals surface area contributed by atoms with Gasteiger partial charge < -0.3 is 14.8 Å². The molecule has 0 spiro atoms. The molecule has 0 aliphatic carbocycles. The van der Waals surface area contributed by atoms with Gasteiger partial charge in [-0.25, -0.2) is 9.97 Å². The Morgan fingerprint density at radius 1 is 1.10 bits per heavy atom. The molecule has 0 radical (unpaired) electrons. The van der Waals surface area contributed by atoms with Crippen molar-refractivity contribution in [1.82, 2.24) is 9.97 Å². The fourth-order valence-electron chi connectivity index (χ4n) is 2.27. The minimum atomic E-state index is 0.620. The zero-order chi connectivity index (χ0) is 14.5. The molecule has 0 unspecified atom stereocenters. The average molecular weight is 285 g/mol. The van der Waals surface area contributed by atoms with Crippen molar-refractivity contribution in [1.29, 1.82) is 0 Å². The van der Waals surface area contributed by atoms with Crippen LogP contribution in [0.3, 0.4) is 0 Å². The van der Waals surface area contributed by atoms with Crippen LogP contribution in [-0.4, -0.2) is 29.7 Å². The number of rotatable bonds is 5. The SMILES string of the molecule is CCc1cc(NCCc2ccc3c(c2)OCCO3)ncn1. The number of hydrogen-bond donors (Lipinski definition) is 1. The van der Waals surface area contributed by atoms with Gasteiger partial charge in [0.25, 0.3) is 0 Å². The second-order valence-corrected chi connectivity index (χ2v) is 4.90. The predicted octanol–water partition coefficient (Wildman–Crippen LogP) is 2.46. The molecule has 0 atom stereocenters. The highest BCUT2D eigenvalue weighted by Crippen LogP contribution is 2.30. The fraction of sp³-hybridized carbons (Fsp3) is 0.375. The van der Waals surface area contributed by atoms with Crippen LogP contribution in [0, 0.1) is 0 Å². The first kappa shape index (κ1) is 13.7. The van der Waals surface area contributed by atoms with Gasteiger partial charge in [-0.15, -0.1) is 0 Å². The van der Waals surface area contributed by atoms with Gasteiger partial charge in [-0.1, -0.05) is 13.0 Å². The van der Waals surface area contributed by atoms with Gasteiger partial charge in [-0.2, -0.15) is 0 Å². The van der Waals surface area contributed by atoms with E-state index in [-0.39, 0.29) is 0 Å². The van der Waals surface area contributed by atoms with Gasteiger partial charge in [-0.05, 0) is 30.5 Å². The molecular formula is C16H19N3O2. The Morgan fingerprint density at radius 2 is 1.95 bits per heavy atom. The van der Waals surface area contributed by atoms with E-state index in [0.29, 0.717) is 13.2 Å². The maximum Gasteiger partial charge on any atom is 0.161 e. The number of nitrogens with one attached hydrogen (secondary N) is 1. The first-order valence-corrected chi connectivity index (χ1v) is 7.28. The zero-order valence-corrected chi connectivity index (χ0v) is 12.1. The molecule has 1 aromatic heterocycles. The van der Waals surface area contributed by atoms with Crippen molar-refractivity contribution in [3.05, 3.63) is 41.9 Å². The Bertz CT molecular complexity index is 616. The standard InChI is InChI=1S/C16H19N3O2/c1-2-13-10-16(19-11-18-13)17-6-5-12-3-4-14-15(9-12)21-8-7-20-14/h3-4,9-11H,2,5-8H2,1H3,(H,17,18,19). The monoisotopic (exact) mass is 285 g/mol. The highest BCUT2D eigenvalue weighted by atomic mass is 16.6. The second kappa shape index (κ2) is 6.43. The molecule has 1 aromatic carbocycles. The molecular weight excluding hydrogens is 266 g/mol. The van der Waals surface area contributed by atoms with E-state index in [1.54, 1.807) is 6.33 Å². The van der Waals surface area contributed by atoms with Crippen LogP contribution in [0.25, 0.3) is 0 Å². The normalized spacial score (nSPS) is 13.0. The molecule has 2 aromatic rings. The van der Waals surface area contributed by atoms with Crippen molar-refractivity contribution in [3.8, 4) is 11.5 Å². The fourth-order valence-corrected chi connectivity index (χ4v) is 2.27. The van der Waals surface area contributed by atoms with Crippen LogP contribution in [0.1, 0.15) is 18.2 Å². The van der Waals surface area contributed by atoms with Crippen LogP contribution >= 0.6 is 0 Å². The second-order valence-electron chi connectivity index (χ2n) is 4.90. The first-order valence-electron chi connectivity index (χ1n) is 7.28. The van der Waals surface area contributed by atoms with E-state index in [1.165, 1.54) is 5.56 Å². The van der Waals surface area contributed by atoms with E-state index in [2.05, 4.69) is 28.3 Å². The summed E-state index contributed by atoms with van der Waals surface area (Å²) in [5.74, 6) is 2.55. The molecule has 5 nitrogen and oxygen atoms in total. The van der Waals surface area contributed by atoms with E-state index < -0.39 is 0 Å². The highest BCUT2D eigenvalue weighted by molar-refractivity contribution is 5.44. The summed E-state index contributed by atoms with van der Waals surface area (Å²) in [6.07, 6.45) is 3.42. The Labute approximate surface area is 124 Å². The lowest BCUT2D eigenvalue weighted by Gasteiger charge is -2.18. The maximum absolute atomic E-state index is 5.59. The van der Waals surface area contributed by atoms with Crippen molar-refractivity contribution in [2.24, 2.45) is 0 Å². The summed E-state index contributed by atoms with van der Waals surface area (Å²) in [4.78, 5) is 8.41. The molecule has 0 bridgehead atoms. The van der Waals surface area contributed by atoms with Crippen molar-refractivity contribution >= 4 is 5.82 Å². The number of nitrogens with zero attached hydrogens (tertiary/aromatic N) is 2. The van der Waals surface area contributed by atoms with Gasteiger partial charge in [0.15, 0.2) is 11.5 Å². The Morgan fingerprint density at radius 3 is 2.81 bits per heavy atom. The lowest BCUT2D eigenvalue weighted by Crippen LogP contribution is -2.15. The van der Waals surface area contributed by atoms with Crippen molar-refractivity contribution in [3.63, 3.8) is 0 Å². The van der Waals surface area contributed by atoms with E-state index in [0.717, 1.165) is 42.4 Å². The van der Waals surface area contributed by atoms with Gasteiger partial charge in [-0.3, -0.25) is 0 Å². The summed E-state index contributed by atoms with van der Waals surface area (Å²) in [6.45, 7) is 4.15. The Kier molecular flexibility index (Phi) is 4.19. The molecule has 21 heavy (non-hydrogen) atoms. The summed E-state index contributed by atoms with van der Waals surface area (Å²) in [6, 6.07) is 8.09. The van der Waals surface area contributed by atoms with Crippen molar-refractivity contribution < 1.29 is 9.47 Å². The summed E-state index contributed by atoms with van der Waals surface area (Å²) < 4.78 is 11.1. The van der Waals surface area contributed by atoms with E-state index >= 15 is 0 Å². The summed E-state index contributed by atoms with van der Waals surface area (Å²) in [7, 11) is 0. The molecule has 0 saturated heterocycles. The van der Waals surface area contributed by atoms with E-state index in [9.17, 15) is 0 Å². The first-order chi connectivity index (χ1) is 10.3. The third-order valence-electron chi connectivity index (χ3n) is 3.41. The van der Waals surface area contributed by atoms with Crippen molar-refractivity contribution in [2.75, 3.05) is 25.1 Å². The predicted molar refractivity (Wildman–Crippen MR) is 81.0 cm³/mol. The summed E-state index contributed by atoms with van der Waals surface area (Å²) in [5.41, 5.74) is 2.27. The minimum absolute atomic E-state index is 0.620. The van der Waals surface area contributed by atoms with Crippen molar-refractivity contribution in [2.45, 2.75) is 19.8 Å². The van der Waals surface area contributed by atoms with Gasteiger partial charge in [0, 0.05) is 18.3 Å². The number of anilines is 1. The molecule has 0 saturated carbocycles. The Hall–Kier alpha value is -2.30. The Balaban J connectivity index is 1.57. The van der Waals surface area contributed by atoms with E-state index in [1.807, 2.05) is 18.2 Å². The molecule has 5 heteroatoms. The molecule has 0 fully saturated rings. The molecule has 1 aliphatic heterocycles. The van der Waals surface area contributed by atoms with Crippen LogP contribution in [0.15, 0.2) is 30.6 Å². The third-order valence-corrected chi connectivity index (χ3v) is 3.41. The molecule has 3 rings (SSSR count). The number of fused-ring (bicyclic) bond motifs is 1. The van der Waals surface area contributed by atoms with Crippen LogP contribution < -0.4 is 14.8 Å². The molecule has 1 aliphatic rings. The van der Waals surface area contributed by atoms with Gasteiger partial charge in [0.1, 0.15) is 25.4 Å². The lowest BCUT2D eigenvalue weighted by molar-refractivity contribution is 0.171. The molecule has 1 N–H and O–H groups in total. The zero-order valence-electron chi connectivity index (χ0n) is 12.1. The molecule has 110 valence electrons. The largest absolute Gasteiger partial charge is 0.486 e. The van der Waals surface area contributed by atoms with Crippen LogP contribution in [0.4, 0.5) is 5.82 Å². The summed E-state index contributed by atoms with van der Waals surface area (Å²) >= 11 is 0. The highest BCUT2D eigenvalue weighted by Gasteiger charge is 2.11.